The first-order chi connectivity index (χ1) is 10.3. The standard InChI is InChI=1S/C15H11N5O/c21-15(12-4-2-6-16-9-12)20-19-10-11-3-1-5-13-14(11)18-8-7-17-13/h1-10H,(H,20,21)/b19-10-. The highest BCUT2D eigenvalue weighted by Gasteiger charge is 2.03. The first-order valence-electron chi connectivity index (χ1n) is 6.28. The molecule has 1 N–H and O–H groups in total. The lowest BCUT2D eigenvalue weighted by molar-refractivity contribution is 0.0955. The number of amides is 1. The Bertz CT molecular complexity index is 796. The third-order valence-corrected chi connectivity index (χ3v) is 2.82. The van der Waals surface area contributed by atoms with Gasteiger partial charge in [0.2, 0.25) is 0 Å². The molecule has 0 aliphatic heterocycles. The van der Waals surface area contributed by atoms with E-state index in [4.69, 9.17) is 0 Å². The molecule has 3 aromatic rings. The SMILES string of the molecule is O=C(N/N=C\c1cccc2nccnc12)c1cccnc1. The van der Waals surface area contributed by atoms with Crippen molar-refractivity contribution in [3.63, 3.8) is 0 Å². The number of nitrogens with one attached hydrogen (secondary N) is 1. The summed E-state index contributed by atoms with van der Waals surface area (Å²) in [6.07, 6.45) is 7.88. The minimum Gasteiger partial charge on any atom is -0.267 e. The van der Waals surface area contributed by atoms with Crippen molar-refractivity contribution in [3.05, 3.63) is 66.2 Å². The van der Waals surface area contributed by atoms with Crippen LogP contribution < -0.4 is 5.43 Å². The van der Waals surface area contributed by atoms with Gasteiger partial charge in [-0.3, -0.25) is 19.7 Å². The van der Waals surface area contributed by atoms with E-state index in [9.17, 15) is 4.79 Å². The Morgan fingerprint density at radius 1 is 1.10 bits per heavy atom. The van der Waals surface area contributed by atoms with Gasteiger partial charge in [0.1, 0.15) is 0 Å². The Balaban J connectivity index is 1.78. The summed E-state index contributed by atoms with van der Waals surface area (Å²) in [5.74, 6) is -0.314. The van der Waals surface area contributed by atoms with Crippen LogP contribution >= 0.6 is 0 Å². The molecule has 102 valence electrons. The van der Waals surface area contributed by atoms with Crippen molar-refractivity contribution in [3.8, 4) is 0 Å². The molecule has 21 heavy (non-hydrogen) atoms. The van der Waals surface area contributed by atoms with Crippen LogP contribution in [0.3, 0.4) is 0 Å². The quantitative estimate of drug-likeness (QED) is 0.584. The molecule has 1 aromatic carbocycles. The molecule has 1 amide bonds. The highest BCUT2D eigenvalue weighted by molar-refractivity contribution is 5.97. The third kappa shape index (κ3) is 2.89. The minimum absolute atomic E-state index is 0.314. The zero-order chi connectivity index (χ0) is 14.5. The fourth-order valence-corrected chi connectivity index (χ4v) is 1.84. The van der Waals surface area contributed by atoms with Crippen LogP contribution in [-0.4, -0.2) is 27.1 Å². The van der Waals surface area contributed by atoms with Crippen LogP contribution in [0.1, 0.15) is 15.9 Å². The van der Waals surface area contributed by atoms with E-state index in [1.165, 1.54) is 6.20 Å². The summed E-state index contributed by atoms with van der Waals surface area (Å²) >= 11 is 0. The summed E-state index contributed by atoms with van der Waals surface area (Å²) in [5, 5.41) is 3.95. The maximum Gasteiger partial charge on any atom is 0.272 e. The second-order valence-corrected chi connectivity index (χ2v) is 4.21. The number of fused-ring (bicyclic) bond motifs is 1. The number of pyridine rings is 1. The molecular formula is C15H11N5O. The summed E-state index contributed by atoms with van der Waals surface area (Å²) < 4.78 is 0. The molecule has 2 heterocycles. The molecule has 0 saturated carbocycles. The highest BCUT2D eigenvalue weighted by atomic mass is 16.2. The van der Waals surface area contributed by atoms with Crippen molar-refractivity contribution in [2.75, 3.05) is 0 Å². The van der Waals surface area contributed by atoms with E-state index >= 15 is 0 Å². The van der Waals surface area contributed by atoms with Crippen LogP contribution in [0.25, 0.3) is 11.0 Å². The van der Waals surface area contributed by atoms with Gasteiger partial charge in [0, 0.05) is 30.4 Å². The number of carbonyl (C=O) groups is 1. The fraction of sp³-hybridized carbons (Fsp3) is 0. The van der Waals surface area contributed by atoms with Crippen molar-refractivity contribution >= 4 is 23.2 Å². The molecular weight excluding hydrogens is 266 g/mol. The van der Waals surface area contributed by atoms with Crippen molar-refractivity contribution in [2.45, 2.75) is 0 Å². The Hall–Kier alpha value is -3.15. The number of aromatic nitrogens is 3. The summed E-state index contributed by atoms with van der Waals surface area (Å²) in [6, 6.07) is 8.95. The number of rotatable bonds is 3. The molecule has 0 saturated heterocycles. The third-order valence-electron chi connectivity index (χ3n) is 2.82. The van der Waals surface area contributed by atoms with Gasteiger partial charge < -0.3 is 0 Å². The second-order valence-electron chi connectivity index (χ2n) is 4.21. The molecule has 0 bridgehead atoms. The van der Waals surface area contributed by atoms with E-state index in [2.05, 4.69) is 25.5 Å². The predicted octanol–water partition coefficient (Wildman–Crippen LogP) is 1.79. The molecule has 0 spiro atoms. The molecule has 0 unspecified atom stereocenters. The number of nitrogens with zero attached hydrogens (tertiary/aromatic N) is 4. The number of hydrazone groups is 1. The molecule has 0 aliphatic carbocycles. The van der Waals surface area contributed by atoms with E-state index in [0.29, 0.717) is 5.56 Å². The number of hydrogen-bond donors (Lipinski definition) is 1. The first kappa shape index (κ1) is 12.9. The van der Waals surface area contributed by atoms with Gasteiger partial charge in [0.15, 0.2) is 0 Å². The van der Waals surface area contributed by atoms with Crippen LogP contribution in [0.15, 0.2) is 60.2 Å². The largest absolute Gasteiger partial charge is 0.272 e. The number of benzene rings is 1. The molecule has 6 heteroatoms. The molecule has 3 rings (SSSR count). The van der Waals surface area contributed by atoms with Gasteiger partial charge in [-0.25, -0.2) is 5.43 Å². The lowest BCUT2D eigenvalue weighted by Crippen LogP contribution is -2.17. The molecule has 6 nitrogen and oxygen atoms in total. The highest BCUT2D eigenvalue weighted by Crippen LogP contribution is 2.11. The first-order valence-corrected chi connectivity index (χ1v) is 6.28. The van der Waals surface area contributed by atoms with Gasteiger partial charge in [0.05, 0.1) is 22.8 Å². The molecule has 0 fully saturated rings. The average Bonchev–Trinajstić information content (AvgIpc) is 2.56. The molecule has 0 atom stereocenters. The van der Waals surface area contributed by atoms with E-state index in [0.717, 1.165) is 16.6 Å². The number of carbonyl (C=O) groups excluding carboxylic acids is 1. The van der Waals surface area contributed by atoms with Gasteiger partial charge in [-0.1, -0.05) is 12.1 Å². The predicted molar refractivity (Wildman–Crippen MR) is 78.8 cm³/mol. The van der Waals surface area contributed by atoms with Crippen molar-refractivity contribution < 1.29 is 4.79 Å². The van der Waals surface area contributed by atoms with Crippen molar-refractivity contribution in [1.82, 2.24) is 20.4 Å². The Labute approximate surface area is 120 Å². The van der Waals surface area contributed by atoms with Crippen LogP contribution in [0.4, 0.5) is 0 Å². The Morgan fingerprint density at radius 2 is 2.00 bits per heavy atom. The van der Waals surface area contributed by atoms with Crippen LogP contribution in [-0.2, 0) is 0 Å². The maximum absolute atomic E-state index is 11.8. The van der Waals surface area contributed by atoms with E-state index in [-0.39, 0.29) is 5.91 Å². The average molecular weight is 277 g/mol. The van der Waals surface area contributed by atoms with E-state index < -0.39 is 0 Å². The lowest BCUT2D eigenvalue weighted by Gasteiger charge is -2.00. The van der Waals surface area contributed by atoms with Gasteiger partial charge in [-0.05, 0) is 18.2 Å². The van der Waals surface area contributed by atoms with Gasteiger partial charge in [0.25, 0.3) is 5.91 Å². The van der Waals surface area contributed by atoms with Crippen molar-refractivity contribution in [2.24, 2.45) is 5.10 Å². The summed E-state index contributed by atoms with van der Waals surface area (Å²) in [7, 11) is 0. The molecule has 0 radical (unpaired) electrons. The Kier molecular flexibility index (Phi) is 3.60. The lowest BCUT2D eigenvalue weighted by atomic mass is 10.2. The normalized spacial score (nSPS) is 10.9. The maximum atomic E-state index is 11.8. The van der Waals surface area contributed by atoms with Crippen LogP contribution in [0.2, 0.25) is 0 Å². The van der Waals surface area contributed by atoms with Crippen LogP contribution in [0.5, 0.6) is 0 Å². The number of para-hydroxylation sites is 1. The van der Waals surface area contributed by atoms with Gasteiger partial charge in [-0.15, -0.1) is 0 Å². The summed E-state index contributed by atoms with van der Waals surface area (Å²) in [6.45, 7) is 0. The smallest absolute Gasteiger partial charge is 0.267 e. The zero-order valence-electron chi connectivity index (χ0n) is 11.0. The number of hydrogen-bond acceptors (Lipinski definition) is 5. The minimum atomic E-state index is -0.314. The van der Waals surface area contributed by atoms with E-state index in [1.807, 2.05) is 18.2 Å². The fourth-order valence-electron chi connectivity index (χ4n) is 1.84. The Morgan fingerprint density at radius 3 is 2.86 bits per heavy atom. The molecule has 2 aromatic heterocycles. The van der Waals surface area contributed by atoms with E-state index in [1.54, 1.807) is 36.9 Å². The van der Waals surface area contributed by atoms with Gasteiger partial charge >= 0.3 is 0 Å². The summed E-state index contributed by atoms with van der Waals surface area (Å²) in [5.41, 5.74) is 5.20. The summed E-state index contributed by atoms with van der Waals surface area (Å²) in [4.78, 5) is 24.2. The van der Waals surface area contributed by atoms with Gasteiger partial charge in [-0.2, -0.15) is 5.10 Å². The van der Waals surface area contributed by atoms with Crippen LogP contribution in [0, 0.1) is 0 Å². The second kappa shape index (κ2) is 5.87. The van der Waals surface area contributed by atoms with Crippen molar-refractivity contribution in [1.29, 1.82) is 0 Å². The monoisotopic (exact) mass is 277 g/mol. The topological polar surface area (TPSA) is 80.1 Å². The molecule has 0 aliphatic rings. The zero-order valence-corrected chi connectivity index (χ0v) is 11.0.